The van der Waals surface area contributed by atoms with Gasteiger partial charge in [0, 0.05) is 24.6 Å². The van der Waals surface area contributed by atoms with Crippen LogP contribution in [0.3, 0.4) is 0 Å². The second kappa shape index (κ2) is 9.32. The summed E-state index contributed by atoms with van der Waals surface area (Å²) in [6, 6.07) is 15.3. The number of carbonyl (C=O) groups excluding carboxylic acids is 1. The zero-order chi connectivity index (χ0) is 24.5. The molecular weight excluding hydrogens is 463 g/mol. The van der Waals surface area contributed by atoms with Crippen LogP contribution in [0.15, 0.2) is 65.6 Å². The average molecular weight is 487 g/mol. The molecule has 1 saturated heterocycles. The number of halogens is 1. The van der Waals surface area contributed by atoms with Gasteiger partial charge in [-0.2, -0.15) is 0 Å². The van der Waals surface area contributed by atoms with Crippen LogP contribution in [0.5, 0.6) is 23.0 Å². The van der Waals surface area contributed by atoms with Gasteiger partial charge in [-0.15, -0.1) is 0 Å². The summed E-state index contributed by atoms with van der Waals surface area (Å²) in [5.74, 6) is 0.0610. The third kappa shape index (κ3) is 4.68. The summed E-state index contributed by atoms with van der Waals surface area (Å²) < 4.78 is 54.0. The van der Waals surface area contributed by atoms with Crippen molar-refractivity contribution in [2.75, 3.05) is 25.7 Å². The molecule has 0 aliphatic carbocycles. The minimum Gasteiger partial charge on any atom is -0.493 e. The van der Waals surface area contributed by atoms with E-state index in [2.05, 4.69) is 0 Å². The molecule has 1 amide bonds. The molecule has 2 N–H and O–H groups in total. The Kier molecular flexibility index (Phi) is 6.45. The summed E-state index contributed by atoms with van der Waals surface area (Å²) >= 11 is 0. The van der Waals surface area contributed by atoms with Crippen molar-refractivity contribution in [2.45, 2.75) is 17.2 Å². The number of benzene rings is 3. The first-order valence-electron chi connectivity index (χ1n) is 10.3. The molecule has 178 valence electrons. The minimum atomic E-state index is -3.83. The van der Waals surface area contributed by atoms with E-state index in [0.717, 1.165) is 5.56 Å². The zero-order valence-corrected chi connectivity index (χ0v) is 19.3. The largest absolute Gasteiger partial charge is 0.493 e. The van der Waals surface area contributed by atoms with Crippen LogP contribution in [0.4, 0.5) is 10.1 Å². The van der Waals surface area contributed by atoms with E-state index in [1.165, 1.54) is 44.6 Å². The van der Waals surface area contributed by atoms with Gasteiger partial charge in [0.2, 0.25) is 21.7 Å². The maximum absolute atomic E-state index is 14.6. The Morgan fingerprint density at radius 2 is 1.62 bits per heavy atom. The van der Waals surface area contributed by atoms with Crippen LogP contribution in [-0.4, -0.2) is 35.1 Å². The molecule has 1 atom stereocenters. The van der Waals surface area contributed by atoms with Gasteiger partial charge >= 0.3 is 0 Å². The van der Waals surface area contributed by atoms with Crippen molar-refractivity contribution in [1.82, 2.24) is 0 Å². The molecule has 3 aromatic carbocycles. The number of hydrogen-bond acceptors (Lipinski definition) is 6. The topological polar surface area (TPSA) is 108 Å². The quantitative estimate of drug-likeness (QED) is 0.544. The van der Waals surface area contributed by atoms with Crippen molar-refractivity contribution in [3.8, 4) is 23.0 Å². The number of rotatable bonds is 7. The monoisotopic (exact) mass is 486 g/mol. The maximum Gasteiger partial charge on any atom is 0.238 e. The highest BCUT2D eigenvalue weighted by Crippen LogP contribution is 2.42. The SMILES string of the molecule is COc1cccc(OC)c1Oc1cc([C@H]2CC(=O)N(c3ccc(S(N)(=O)=O)cc3)C2)ccc1F. The molecular formula is C24H23FN2O6S. The summed E-state index contributed by atoms with van der Waals surface area (Å²) in [7, 11) is -0.876. The van der Waals surface area contributed by atoms with Crippen molar-refractivity contribution in [3.63, 3.8) is 0 Å². The Morgan fingerprint density at radius 1 is 0.971 bits per heavy atom. The van der Waals surface area contributed by atoms with Crippen LogP contribution >= 0.6 is 0 Å². The van der Waals surface area contributed by atoms with Crippen LogP contribution in [0, 0.1) is 5.82 Å². The predicted molar refractivity (Wildman–Crippen MR) is 124 cm³/mol. The molecule has 4 rings (SSSR count). The van der Waals surface area contributed by atoms with E-state index in [1.54, 1.807) is 35.2 Å². The molecule has 3 aromatic rings. The fraction of sp³-hybridized carbons (Fsp3) is 0.208. The lowest BCUT2D eigenvalue weighted by Crippen LogP contribution is -2.24. The Bertz CT molecular complexity index is 1310. The molecule has 34 heavy (non-hydrogen) atoms. The van der Waals surface area contributed by atoms with E-state index in [-0.39, 0.29) is 34.6 Å². The molecule has 0 aromatic heterocycles. The van der Waals surface area contributed by atoms with Crippen molar-refractivity contribution in [2.24, 2.45) is 5.14 Å². The zero-order valence-electron chi connectivity index (χ0n) is 18.5. The number of anilines is 1. The Morgan fingerprint density at radius 3 is 2.21 bits per heavy atom. The number of para-hydroxylation sites is 1. The molecule has 1 aliphatic heterocycles. The van der Waals surface area contributed by atoms with E-state index in [9.17, 15) is 17.6 Å². The third-order valence-electron chi connectivity index (χ3n) is 5.62. The van der Waals surface area contributed by atoms with E-state index in [1.807, 2.05) is 0 Å². The highest BCUT2D eigenvalue weighted by Gasteiger charge is 2.32. The van der Waals surface area contributed by atoms with Gasteiger partial charge < -0.3 is 19.1 Å². The van der Waals surface area contributed by atoms with Crippen molar-refractivity contribution >= 4 is 21.6 Å². The van der Waals surface area contributed by atoms with E-state index >= 15 is 0 Å². The number of sulfonamides is 1. The van der Waals surface area contributed by atoms with Gasteiger partial charge in [0.15, 0.2) is 23.1 Å². The molecule has 0 radical (unpaired) electrons. The summed E-state index contributed by atoms with van der Waals surface area (Å²) in [5, 5.41) is 5.14. The molecule has 1 aliphatic rings. The number of nitrogens with zero attached hydrogens (tertiary/aromatic N) is 1. The van der Waals surface area contributed by atoms with Gasteiger partial charge in [-0.3, -0.25) is 4.79 Å². The van der Waals surface area contributed by atoms with Crippen molar-refractivity contribution in [1.29, 1.82) is 0 Å². The number of nitrogens with two attached hydrogens (primary N) is 1. The highest BCUT2D eigenvalue weighted by atomic mass is 32.2. The Hall–Kier alpha value is -3.63. The van der Waals surface area contributed by atoms with Crippen LogP contribution in [0.1, 0.15) is 17.9 Å². The smallest absolute Gasteiger partial charge is 0.238 e. The summed E-state index contributed by atoms with van der Waals surface area (Å²) in [6.07, 6.45) is 0.208. The molecule has 1 fully saturated rings. The number of hydrogen-bond donors (Lipinski definition) is 1. The average Bonchev–Trinajstić information content (AvgIpc) is 3.21. The minimum absolute atomic E-state index is 0.0243. The lowest BCUT2D eigenvalue weighted by molar-refractivity contribution is -0.117. The number of carbonyl (C=O) groups is 1. The second-order valence-electron chi connectivity index (χ2n) is 7.73. The fourth-order valence-corrected chi connectivity index (χ4v) is 4.39. The van der Waals surface area contributed by atoms with Gasteiger partial charge in [-0.05, 0) is 54.1 Å². The molecule has 0 bridgehead atoms. The van der Waals surface area contributed by atoms with Gasteiger partial charge in [-0.25, -0.2) is 17.9 Å². The Labute approximate surface area is 196 Å². The summed E-state index contributed by atoms with van der Waals surface area (Å²) in [5.41, 5.74) is 1.28. The fourth-order valence-electron chi connectivity index (χ4n) is 3.88. The van der Waals surface area contributed by atoms with Crippen LogP contribution in [0.25, 0.3) is 0 Å². The summed E-state index contributed by atoms with van der Waals surface area (Å²) in [4.78, 5) is 14.2. The van der Waals surface area contributed by atoms with Crippen LogP contribution in [0.2, 0.25) is 0 Å². The van der Waals surface area contributed by atoms with Crippen molar-refractivity contribution < 1.29 is 31.8 Å². The van der Waals surface area contributed by atoms with Crippen molar-refractivity contribution in [3.05, 3.63) is 72.0 Å². The van der Waals surface area contributed by atoms with Gasteiger partial charge in [-0.1, -0.05) is 12.1 Å². The molecule has 0 saturated carbocycles. The lowest BCUT2D eigenvalue weighted by atomic mass is 9.98. The molecule has 0 spiro atoms. The summed E-state index contributed by atoms with van der Waals surface area (Å²) in [6.45, 7) is 0.344. The normalized spacial score (nSPS) is 15.9. The Balaban J connectivity index is 1.59. The highest BCUT2D eigenvalue weighted by molar-refractivity contribution is 7.89. The lowest BCUT2D eigenvalue weighted by Gasteiger charge is -2.18. The predicted octanol–water partition coefficient (Wildman–Crippen LogP) is 3.80. The number of methoxy groups -OCH3 is 2. The number of ether oxygens (including phenoxy) is 3. The van der Waals surface area contributed by atoms with Gasteiger partial charge in [0.1, 0.15) is 0 Å². The standard InChI is InChI=1S/C24H23FN2O6S/c1-31-20-4-3-5-21(32-2)24(20)33-22-12-15(6-11-19(22)25)16-13-23(28)27(14-16)17-7-9-18(10-8-17)34(26,29)30/h3-12,16H,13-14H2,1-2H3,(H2,26,29,30)/t16-/m0/s1. The van der Waals surface area contributed by atoms with E-state index < -0.39 is 15.8 Å². The van der Waals surface area contributed by atoms with E-state index in [4.69, 9.17) is 19.3 Å². The molecule has 10 heteroatoms. The van der Waals surface area contributed by atoms with Gasteiger partial charge in [0.25, 0.3) is 0 Å². The first-order chi connectivity index (χ1) is 16.2. The third-order valence-corrected chi connectivity index (χ3v) is 6.55. The first kappa shape index (κ1) is 23.5. The van der Waals surface area contributed by atoms with Gasteiger partial charge in [0.05, 0.1) is 19.1 Å². The van der Waals surface area contributed by atoms with Crippen LogP contribution < -0.4 is 24.2 Å². The second-order valence-corrected chi connectivity index (χ2v) is 9.29. The number of primary sulfonamides is 1. The first-order valence-corrected chi connectivity index (χ1v) is 11.9. The molecule has 8 nitrogen and oxygen atoms in total. The molecule has 0 unspecified atom stereocenters. The maximum atomic E-state index is 14.6. The van der Waals surface area contributed by atoms with Crippen LogP contribution in [-0.2, 0) is 14.8 Å². The number of amides is 1. The molecule has 1 heterocycles. The van der Waals surface area contributed by atoms with E-state index in [0.29, 0.717) is 23.7 Å².